The monoisotopic (exact) mass is 319 g/mol. The summed E-state index contributed by atoms with van der Waals surface area (Å²) in [6.07, 6.45) is -1.62. The average Bonchev–Trinajstić information content (AvgIpc) is 2.48. The van der Waals surface area contributed by atoms with E-state index in [9.17, 15) is 24.3 Å². The molecule has 0 saturated carbocycles. The van der Waals surface area contributed by atoms with Gasteiger partial charge in [0, 0.05) is 0 Å². The van der Waals surface area contributed by atoms with Gasteiger partial charge in [-0.2, -0.15) is 0 Å². The summed E-state index contributed by atoms with van der Waals surface area (Å²) >= 11 is 0. The summed E-state index contributed by atoms with van der Waals surface area (Å²) < 4.78 is 8.71. The smallest absolute Gasteiger partial charge is 0.325 e. The predicted octanol–water partition coefficient (Wildman–Crippen LogP) is -2.97. The van der Waals surface area contributed by atoms with Gasteiger partial charge in [0.15, 0.2) is 0 Å². The van der Waals surface area contributed by atoms with Gasteiger partial charge >= 0.3 is 11.9 Å². The average molecular weight is 319 g/mol. The SMILES string of the molecule is COC(=O)CNC(=O)C(NC(=O)C(N)CC(=O)OC)C(C)O. The lowest BCUT2D eigenvalue weighted by Gasteiger charge is -2.22. The molecule has 0 rings (SSSR count). The van der Waals surface area contributed by atoms with Gasteiger partial charge in [-0.3, -0.25) is 19.2 Å². The first-order valence-corrected chi connectivity index (χ1v) is 6.38. The Bertz CT molecular complexity index is 425. The summed E-state index contributed by atoms with van der Waals surface area (Å²) in [5.41, 5.74) is 5.49. The molecule has 3 atom stereocenters. The van der Waals surface area contributed by atoms with Crippen molar-refractivity contribution in [1.82, 2.24) is 10.6 Å². The Kier molecular flexibility index (Phi) is 8.72. The van der Waals surface area contributed by atoms with Gasteiger partial charge in [0.05, 0.1) is 32.8 Å². The normalized spacial score (nSPS) is 14.2. The van der Waals surface area contributed by atoms with E-state index in [1.54, 1.807) is 0 Å². The highest BCUT2D eigenvalue weighted by Crippen LogP contribution is 1.97. The first-order valence-electron chi connectivity index (χ1n) is 6.38. The van der Waals surface area contributed by atoms with Crippen molar-refractivity contribution in [2.75, 3.05) is 20.8 Å². The molecule has 0 aliphatic rings. The fraction of sp³-hybridized carbons (Fsp3) is 0.667. The molecule has 0 aliphatic carbocycles. The quantitative estimate of drug-likeness (QED) is 0.345. The van der Waals surface area contributed by atoms with Crippen LogP contribution in [0.15, 0.2) is 0 Å². The third kappa shape index (κ3) is 6.99. The maximum atomic E-state index is 11.8. The molecule has 0 heterocycles. The maximum absolute atomic E-state index is 11.8. The van der Waals surface area contributed by atoms with Gasteiger partial charge in [-0.25, -0.2) is 0 Å². The summed E-state index contributed by atoms with van der Waals surface area (Å²) in [5, 5.41) is 13.9. The van der Waals surface area contributed by atoms with E-state index in [0.29, 0.717) is 0 Å². The number of carbonyl (C=O) groups is 4. The Morgan fingerprint density at radius 3 is 2.09 bits per heavy atom. The molecule has 5 N–H and O–H groups in total. The maximum Gasteiger partial charge on any atom is 0.325 e. The lowest BCUT2D eigenvalue weighted by molar-refractivity contribution is -0.143. The van der Waals surface area contributed by atoms with Crippen LogP contribution in [0.25, 0.3) is 0 Å². The zero-order valence-electron chi connectivity index (χ0n) is 12.6. The molecule has 0 aliphatic heterocycles. The molecule has 0 aromatic heterocycles. The van der Waals surface area contributed by atoms with Crippen molar-refractivity contribution in [2.24, 2.45) is 5.73 Å². The second-order valence-corrected chi connectivity index (χ2v) is 4.41. The number of ether oxygens (including phenoxy) is 2. The minimum absolute atomic E-state index is 0.376. The highest BCUT2D eigenvalue weighted by molar-refractivity contribution is 5.92. The second-order valence-electron chi connectivity index (χ2n) is 4.41. The van der Waals surface area contributed by atoms with Crippen LogP contribution in [-0.4, -0.2) is 67.8 Å². The minimum Gasteiger partial charge on any atom is -0.469 e. The molecule has 0 saturated heterocycles. The van der Waals surface area contributed by atoms with Crippen LogP contribution in [0.1, 0.15) is 13.3 Å². The number of nitrogens with two attached hydrogens (primary N) is 1. The summed E-state index contributed by atoms with van der Waals surface area (Å²) in [6, 6.07) is -2.57. The van der Waals surface area contributed by atoms with Gasteiger partial charge in [0.2, 0.25) is 11.8 Å². The Balaban J connectivity index is 4.63. The van der Waals surface area contributed by atoms with Crippen molar-refractivity contribution in [3.8, 4) is 0 Å². The Morgan fingerprint density at radius 2 is 1.64 bits per heavy atom. The zero-order chi connectivity index (χ0) is 17.3. The van der Waals surface area contributed by atoms with Crippen molar-refractivity contribution in [3.63, 3.8) is 0 Å². The number of hydrogen-bond donors (Lipinski definition) is 4. The summed E-state index contributed by atoms with van der Waals surface area (Å²) in [4.78, 5) is 45.6. The van der Waals surface area contributed by atoms with E-state index in [1.807, 2.05) is 0 Å². The third-order valence-corrected chi connectivity index (χ3v) is 2.65. The topological polar surface area (TPSA) is 157 Å². The van der Waals surface area contributed by atoms with Gasteiger partial charge in [-0.15, -0.1) is 0 Å². The molecular weight excluding hydrogens is 298 g/mol. The molecule has 0 spiro atoms. The second kappa shape index (κ2) is 9.68. The number of rotatable bonds is 8. The Labute approximate surface area is 127 Å². The summed E-state index contributed by atoms with van der Waals surface area (Å²) in [5.74, 6) is -2.98. The first-order chi connectivity index (χ1) is 10.2. The number of aliphatic hydroxyl groups is 1. The van der Waals surface area contributed by atoms with Gasteiger partial charge in [-0.1, -0.05) is 0 Å². The molecule has 10 heteroatoms. The predicted molar refractivity (Wildman–Crippen MR) is 73.2 cm³/mol. The van der Waals surface area contributed by atoms with Gasteiger partial charge < -0.3 is 30.9 Å². The van der Waals surface area contributed by atoms with E-state index >= 15 is 0 Å². The van der Waals surface area contributed by atoms with Gasteiger partial charge in [0.1, 0.15) is 12.6 Å². The van der Waals surface area contributed by atoms with Crippen molar-refractivity contribution >= 4 is 23.8 Å². The van der Waals surface area contributed by atoms with Crippen molar-refractivity contribution < 1.29 is 33.8 Å². The Hall–Kier alpha value is -2.20. The van der Waals surface area contributed by atoms with Crippen LogP contribution in [0.5, 0.6) is 0 Å². The molecule has 0 fully saturated rings. The number of aliphatic hydroxyl groups excluding tert-OH is 1. The largest absolute Gasteiger partial charge is 0.469 e. The molecule has 10 nitrogen and oxygen atoms in total. The van der Waals surface area contributed by atoms with Crippen LogP contribution in [-0.2, 0) is 28.7 Å². The molecule has 22 heavy (non-hydrogen) atoms. The van der Waals surface area contributed by atoms with Gasteiger partial charge in [-0.05, 0) is 6.92 Å². The number of amides is 2. The molecule has 0 aromatic rings. The van der Waals surface area contributed by atoms with Crippen LogP contribution >= 0.6 is 0 Å². The Morgan fingerprint density at radius 1 is 1.09 bits per heavy atom. The number of esters is 2. The molecule has 0 bridgehead atoms. The van der Waals surface area contributed by atoms with E-state index < -0.39 is 48.5 Å². The van der Waals surface area contributed by atoms with Crippen molar-refractivity contribution in [3.05, 3.63) is 0 Å². The molecule has 0 aromatic carbocycles. The first kappa shape index (κ1) is 19.8. The van der Waals surface area contributed by atoms with Crippen LogP contribution in [0, 0.1) is 0 Å². The number of hydrogen-bond acceptors (Lipinski definition) is 8. The zero-order valence-corrected chi connectivity index (χ0v) is 12.6. The number of carbonyl (C=O) groups excluding carboxylic acids is 4. The third-order valence-electron chi connectivity index (χ3n) is 2.65. The lowest BCUT2D eigenvalue weighted by atomic mass is 10.1. The molecular formula is C12H21N3O7. The lowest BCUT2D eigenvalue weighted by Crippen LogP contribution is -2.56. The van der Waals surface area contributed by atoms with E-state index in [-0.39, 0.29) is 6.42 Å². The number of nitrogens with one attached hydrogen (secondary N) is 2. The van der Waals surface area contributed by atoms with E-state index in [1.165, 1.54) is 6.92 Å². The van der Waals surface area contributed by atoms with Crippen LogP contribution < -0.4 is 16.4 Å². The molecule has 2 amide bonds. The fourth-order valence-electron chi connectivity index (χ4n) is 1.36. The minimum atomic E-state index is -1.33. The summed E-state index contributed by atoms with van der Waals surface area (Å²) in [7, 11) is 2.29. The highest BCUT2D eigenvalue weighted by atomic mass is 16.5. The number of methoxy groups -OCH3 is 2. The van der Waals surface area contributed by atoms with E-state index in [2.05, 4.69) is 20.1 Å². The molecule has 3 unspecified atom stereocenters. The van der Waals surface area contributed by atoms with Crippen LogP contribution in [0.2, 0.25) is 0 Å². The van der Waals surface area contributed by atoms with E-state index in [0.717, 1.165) is 14.2 Å². The van der Waals surface area contributed by atoms with Crippen LogP contribution in [0.3, 0.4) is 0 Å². The highest BCUT2D eigenvalue weighted by Gasteiger charge is 2.28. The fourth-order valence-corrected chi connectivity index (χ4v) is 1.36. The van der Waals surface area contributed by atoms with E-state index in [4.69, 9.17) is 5.73 Å². The molecule has 0 radical (unpaired) electrons. The van der Waals surface area contributed by atoms with Gasteiger partial charge in [0.25, 0.3) is 0 Å². The van der Waals surface area contributed by atoms with Crippen LogP contribution in [0.4, 0.5) is 0 Å². The molecule has 126 valence electrons. The summed E-state index contributed by atoms with van der Waals surface area (Å²) in [6.45, 7) is 0.858. The standard InChI is InChI=1S/C12H21N3O7/c1-6(16)10(12(20)14-5-9(18)22-3)15-11(19)7(13)4-8(17)21-2/h6-7,10,16H,4-5,13H2,1-3H3,(H,14,20)(H,15,19). The van der Waals surface area contributed by atoms with Crippen molar-refractivity contribution in [1.29, 1.82) is 0 Å². The van der Waals surface area contributed by atoms with Crippen molar-refractivity contribution in [2.45, 2.75) is 31.5 Å².